The summed E-state index contributed by atoms with van der Waals surface area (Å²) in [5.41, 5.74) is 7.48. The second-order valence-electron chi connectivity index (χ2n) is 5.24. The number of benzene rings is 1. The van der Waals surface area contributed by atoms with Crippen LogP contribution in [-0.2, 0) is 5.41 Å². The first-order valence-electron chi connectivity index (χ1n) is 6.73. The molecule has 0 radical (unpaired) electrons. The van der Waals surface area contributed by atoms with Crippen LogP contribution in [0, 0.1) is 0 Å². The molecule has 0 saturated heterocycles. The maximum Gasteiger partial charge on any atom is 0.0406 e. The lowest BCUT2D eigenvalue weighted by molar-refractivity contribution is 0.218. The molecule has 1 nitrogen and oxygen atoms in total. The average molecular weight is 252 g/mol. The number of nitrogens with two attached hydrogens (primary N) is 1. The maximum absolute atomic E-state index is 5.95. The van der Waals surface area contributed by atoms with Crippen molar-refractivity contribution >= 4 is 11.6 Å². The van der Waals surface area contributed by atoms with Crippen LogP contribution >= 0.6 is 11.6 Å². The fourth-order valence-corrected chi connectivity index (χ4v) is 3.00. The van der Waals surface area contributed by atoms with Crippen molar-refractivity contribution in [3.8, 4) is 0 Å². The molecule has 0 aromatic heterocycles. The van der Waals surface area contributed by atoms with Crippen LogP contribution in [0.2, 0.25) is 5.02 Å². The highest BCUT2D eigenvalue weighted by Gasteiger charge is 2.37. The summed E-state index contributed by atoms with van der Waals surface area (Å²) in [6, 6.07) is 8.47. The van der Waals surface area contributed by atoms with E-state index in [1.54, 1.807) is 0 Å². The normalized spacial score (nSPS) is 17.8. The largest absolute Gasteiger partial charge is 0.330 e. The Kier molecular flexibility index (Phi) is 4.47. The quantitative estimate of drug-likeness (QED) is 0.751. The second kappa shape index (κ2) is 5.88. The van der Waals surface area contributed by atoms with Gasteiger partial charge in [0.25, 0.3) is 0 Å². The molecule has 1 aromatic rings. The highest BCUT2D eigenvalue weighted by atomic mass is 35.5. The Balaban J connectivity index is 1.96. The summed E-state index contributed by atoms with van der Waals surface area (Å²) in [7, 11) is 0. The Morgan fingerprint density at radius 3 is 2.29 bits per heavy atom. The van der Waals surface area contributed by atoms with Crippen molar-refractivity contribution in [1.82, 2.24) is 0 Å². The molecule has 2 N–H and O–H groups in total. The van der Waals surface area contributed by atoms with Crippen LogP contribution in [-0.4, -0.2) is 6.54 Å². The van der Waals surface area contributed by atoms with E-state index in [0.29, 0.717) is 5.41 Å². The minimum absolute atomic E-state index is 0.458. The molecule has 1 aromatic carbocycles. The van der Waals surface area contributed by atoms with Crippen molar-refractivity contribution in [1.29, 1.82) is 0 Å². The molecule has 0 bridgehead atoms. The first-order valence-corrected chi connectivity index (χ1v) is 7.11. The van der Waals surface area contributed by atoms with Crippen LogP contribution in [0.3, 0.4) is 0 Å². The molecule has 1 aliphatic carbocycles. The summed E-state index contributed by atoms with van der Waals surface area (Å²) < 4.78 is 0. The Morgan fingerprint density at radius 2 is 1.76 bits per heavy atom. The third kappa shape index (κ3) is 3.02. The van der Waals surface area contributed by atoms with Crippen LogP contribution in [0.15, 0.2) is 24.3 Å². The number of rotatable bonds is 6. The molecule has 0 amide bonds. The van der Waals surface area contributed by atoms with Crippen molar-refractivity contribution in [2.45, 2.75) is 50.4 Å². The molecule has 1 saturated carbocycles. The topological polar surface area (TPSA) is 26.0 Å². The molecule has 0 atom stereocenters. The Labute approximate surface area is 109 Å². The molecule has 0 aliphatic heterocycles. The van der Waals surface area contributed by atoms with E-state index in [1.807, 2.05) is 12.1 Å². The lowest BCUT2D eigenvalue weighted by atomic mass is 9.62. The van der Waals surface area contributed by atoms with Gasteiger partial charge in [-0.1, -0.05) is 43.0 Å². The standard InChI is InChI=1S/C15H22ClN/c16-14-7-5-13(6-8-14)15(10-4-11-15)9-2-1-3-12-17/h5-8H,1-4,9-12,17H2. The van der Waals surface area contributed by atoms with Crippen LogP contribution in [0.25, 0.3) is 0 Å². The number of halogens is 1. The minimum atomic E-state index is 0.458. The van der Waals surface area contributed by atoms with Gasteiger partial charge in [-0.25, -0.2) is 0 Å². The van der Waals surface area contributed by atoms with Crippen LogP contribution in [0.5, 0.6) is 0 Å². The van der Waals surface area contributed by atoms with E-state index in [-0.39, 0.29) is 0 Å². The highest BCUT2D eigenvalue weighted by Crippen LogP contribution is 2.47. The lowest BCUT2D eigenvalue weighted by Gasteiger charge is -2.43. The predicted molar refractivity (Wildman–Crippen MR) is 74.5 cm³/mol. The zero-order valence-electron chi connectivity index (χ0n) is 10.4. The van der Waals surface area contributed by atoms with E-state index < -0.39 is 0 Å². The van der Waals surface area contributed by atoms with Gasteiger partial charge < -0.3 is 5.73 Å². The van der Waals surface area contributed by atoms with Gasteiger partial charge in [0.1, 0.15) is 0 Å². The van der Waals surface area contributed by atoms with E-state index in [2.05, 4.69) is 12.1 Å². The highest BCUT2D eigenvalue weighted by molar-refractivity contribution is 6.30. The monoisotopic (exact) mass is 251 g/mol. The van der Waals surface area contributed by atoms with Crippen LogP contribution in [0.4, 0.5) is 0 Å². The summed E-state index contributed by atoms with van der Waals surface area (Å²) in [5, 5.41) is 0.839. The fraction of sp³-hybridized carbons (Fsp3) is 0.600. The summed E-state index contributed by atoms with van der Waals surface area (Å²) in [6.07, 6.45) is 9.12. The molecule has 94 valence electrons. The lowest BCUT2D eigenvalue weighted by Crippen LogP contribution is -2.34. The van der Waals surface area contributed by atoms with Gasteiger partial charge in [-0.3, -0.25) is 0 Å². The van der Waals surface area contributed by atoms with Crippen LogP contribution in [0.1, 0.15) is 50.5 Å². The van der Waals surface area contributed by atoms with Crippen LogP contribution < -0.4 is 5.73 Å². The third-order valence-electron chi connectivity index (χ3n) is 4.13. The molecule has 2 rings (SSSR count). The fourth-order valence-electron chi connectivity index (χ4n) is 2.87. The van der Waals surface area contributed by atoms with Crippen molar-refractivity contribution in [3.05, 3.63) is 34.9 Å². The molecule has 2 heteroatoms. The molecule has 0 heterocycles. The number of hydrogen-bond acceptors (Lipinski definition) is 1. The Hall–Kier alpha value is -0.530. The van der Waals surface area contributed by atoms with Crippen molar-refractivity contribution < 1.29 is 0 Å². The molecule has 17 heavy (non-hydrogen) atoms. The zero-order chi connectivity index (χ0) is 12.1. The van der Waals surface area contributed by atoms with Crippen molar-refractivity contribution in [2.75, 3.05) is 6.54 Å². The summed E-state index contributed by atoms with van der Waals surface area (Å²) >= 11 is 5.95. The predicted octanol–water partition coefficient (Wildman–Crippen LogP) is 4.28. The first kappa shape index (κ1) is 12.9. The third-order valence-corrected chi connectivity index (χ3v) is 4.38. The van der Waals surface area contributed by atoms with Gasteiger partial charge in [0, 0.05) is 5.02 Å². The summed E-state index contributed by atoms with van der Waals surface area (Å²) in [4.78, 5) is 0. The van der Waals surface area contributed by atoms with E-state index in [0.717, 1.165) is 18.0 Å². The van der Waals surface area contributed by atoms with E-state index in [1.165, 1.54) is 44.1 Å². The van der Waals surface area contributed by atoms with E-state index in [4.69, 9.17) is 17.3 Å². The summed E-state index contributed by atoms with van der Waals surface area (Å²) in [6.45, 7) is 0.827. The Bertz CT molecular complexity index is 340. The molecule has 0 unspecified atom stereocenters. The first-order chi connectivity index (χ1) is 8.27. The molecule has 1 aliphatic rings. The summed E-state index contributed by atoms with van der Waals surface area (Å²) in [5.74, 6) is 0. The number of hydrogen-bond donors (Lipinski definition) is 1. The van der Waals surface area contributed by atoms with Gasteiger partial charge in [-0.15, -0.1) is 0 Å². The zero-order valence-corrected chi connectivity index (χ0v) is 11.2. The van der Waals surface area contributed by atoms with Gasteiger partial charge in [0.15, 0.2) is 0 Å². The maximum atomic E-state index is 5.95. The minimum Gasteiger partial charge on any atom is -0.330 e. The van der Waals surface area contributed by atoms with Gasteiger partial charge in [0.2, 0.25) is 0 Å². The van der Waals surface area contributed by atoms with E-state index in [9.17, 15) is 0 Å². The molecule has 1 fully saturated rings. The second-order valence-corrected chi connectivity index (χ2v) is 5.68. The van der Waals surface area contributed by atoms with Crippen molar-refractivity contribution in [3.63, 3.8) is 0 Å². The SMILES string of the molecule is NCCCCCC1(c2ccc(Cl)cc2)CCC1. The Morgan fingerprint density at radius 1 is 1.06 bits per heavy atom. The van der Waals surface area contributed by atoms with Gasteiger partial charge in [0.05, 0.1) is 0 Å². The molecule has 0 spiro atoms. The molecular weight excluding hydrogens is 230 g/mol. The van der Waals surface area contributed by atoms with Gasteiger partial charge in [-0.05, 0) is 55.3 Å². The smallest absolute Gasteiger partial charge is 0.0406 e. The molecular formula is C15H22ClN. The van der Waals surface area contributed by atoms with E-state index >= 15 is 0 Å². The van der Waals surface area contributed by atoms with Gasteiger partial charge >= 0.3 is 0 Å². The average Bonchev–Trinajstić information content (AvgIpc) is 2.29. The van der Waals surface area contributed by atoms with Gasteiger partial charge in [-0.2, -0.15) is 0 Å². The van der Waals surface area contributed by atoms with Crippen molar-refractivity contribution in [2.24, 2.45) is 5.73 Å². The number of unbranched alkanes of at least 4 members (excludes halogenated alkanes) is 2.